The highest BCUT2D eigenvalue weighted by Crippen LogP contribution is 2.31. The molecule has 0 unspecified atom stereocenters. The third-order valence-electron chi connectivity index (χ3n) is 2.69. The fourth-order valence-corrected chi connectivity index (χ4v) is 3.28. The van der Waals surface area contributed by atoms with Gasteiger partial charge in [-0.05, 0) is 53.7 Å². The Morgan fingerprint density at radius 2 is 2.35 bits per heavy atom. The molecule has 0 radical (unpaired) electrons. The van der Waals surface area contributed by atoms with E-state index in [2.05, 4.69) is 27.3 Å². The van der Waals surface area contributed by atoms with Gasteiger partial charge in [0.1, 0.15) is 4.34 Å². The second-order valence-electron chi connectivity index (χ2n) is 4.38. The van der Waals surface area contributed by atoms with Crippen LogP contribution in [-0.4, -0.2) is 19.8 Å². The zero-order valence-electron chi connectivity index (χ0n) is 9.68. The summed E-state index contributed by atoms with van der Waals surface area (Å²) in [5.74, 6) is 0.869. The first kappa shape index (κ1) is 13.8. The van der Waals surface area contributed by atoms with Crippen LogP contribution >= 0.6 is 38.9 Å². The molecule has 1 N–H and O–H groups in total. The first-order chi connectivity index (χ1) is 8.25. The van der Waals surface area contributed by atoms with Gasteiger partial charge in [0.15, 0.2) is 0 Å². The lowest BCUT2D eigenvalue weighted by Crippen LogP contribution is -2.15. The molecule has 0 atom stereocenters. The van der Waals surface area contributed by atoms with Gasteiger partial charge in [0, 0.05) is 29.1 Å². The summed E-state index contributed by atoms with van der Waals surface area (Å²) in [6, 6.07) is 2.07. The van der Waals surface area contributed by atoms with Crippen LogP contribution in [0.5, 0.6) is 0 Å². The van der Waals surface area contributed by atoms with Crippen LogP contribution in [0.25, 0.3) is 0 Å². The van der Waals surface area contributed by atoms with Crippen LogP contribution in [0.1, 0.15) is 24.1 Å². The van der Waals surface area contributed by atoms with Gasteiger partial charge in [0.05, 0.1) is 0 Å². The molecule has 0 spiro atoms. The molecule has 17 heavy (non-hydrogen) atoms. The van der Waals surface area contributed by atoms with E-state index in [1.807, 2.05) is 0 Å². The lowest BCUT2D eigenvalue weighted by atomic mass is 10.4. The maximum absolute atomic E-state index is 5.97. The molecule has 1 aliphatic rings. The number of ether oxygens (including phenoxy) is 1. The van der Waals surface area contributed by atoms with Gasteiger partial charge in [-0.1, -0.05) is 11.6 Å². The van der Waals surface area contributed by atoms with Gasteiger partial charge in [-0.2, -0.15) is 0 Å². The van der Waals surface area contributed by atoms with E-state index in [4.69, 9.17) is 16.3 Å². The molecule has 0 amide bonds. The highest BCUT2D eigenvalue weighted by molar-refractivity contribution is 9.10. The fourth-order valence-electron chi connectivity index (χ4n) is 1.52. The zero-order chi connectivity index (χ0) is 12.1. The Morgan fingerprint density at radius 1 is 1.53 bits per heavy atom. The minimum Gasteiger partial charge on any atom is -0.381 e. The van der Waals surface area contributed by atoms with Crippen LogP contribution < -0.4 is 5.32 Å². The van der Waals surface area contributed by atoms with E-state index in [1.54, 1.807) is 11.3 Å². The quantitative estimate of drug-likeness (QED) is 0.721. The molecule has 2 nitrogen and oxygen atoms in total. The van der Waals surface area contributed by atoms with E-state index in [9.17, 15) is 0 Å². The van der Waals surface area contributed by atoms with Crippen LogP contribution in [0.15, 0.2) is 10.5 Å². The molecule has 1 fully saturated rings. The molecule has 1 heterocycles. The Labute approximate surface area is 120 Å². The van der Waals surface area contributed by atoms with Crippen molar-refractivity contribution in [2.45, 2.75) is 25.8 Å². The van der Waals surface area contributed by atoms with Gasteiger partial charge in [0.25, 0.3) is 0 Å². The minimum absolute atomic E-state index is 0.828. The fraction of sp³-hybridized carbons (Fsp3) is 0.667. The number of hydrogen-bond acceptors (Lipinski definition) is 3. The summed E-state index contributed by atoms with van der Waals surface area (Å²) >= 11 is 11.0. The van der Waals surface area contributed by atoms with E-state index in [0.717, 1.165) is 47.5 Å². The molecule has 1 aromatic rings. The summed E-state index contributed by atoms with van der Waals surface area (Å²) in [5.41, 5.74) is 0. The number of thiophene rings is 1. The van der Waals surface area contributed by atoms with Crippen molar-refractivity contribution < 1.29 is 4.74 Å². The third kappa shape index (κ3) is 5.26. The van der Waals surface area contributed by atoms with Crippen LogP contribution in [-0.2, 0) is 11.3 Å². The maximum Gasteiger partial charge on any atom is 0.107 e. The van der Waals surface area contributed by atoms with Crippen molar-refractivity contribution in [3.63, 3.8) is 0 Å². The molecule has 0 bridgehead atoms. The highest BCUT2D eigenvalue weighted by atomic mass is 79.9. The topological polar surface area (TPSA) is 21.3 Å². The molecule has 2 rings (SSSR count). The Balaban J connectivity index is 1.47. The first-order valence-electron chi connectivity index (χ1n) is 5.98. The Hall–Kier alpha value is 0.390. The van der Waals surface area contributed by atoms with Crippen LogP contribution in [0.2, 0.25) is 4.34 Å². The normalized spacial score (nSPS) is 15.4. The standard InChI is InChI=1S/C12H17BrClNOS/c13-11-6-10(17-12(11)14)7-15-4-1-5-16-8-9-2-3-9/h6,9,15H,1-5,7-8H2. The smallest absolute Gasteiger partial charge is 0.107 e. The summed E-state index contributed by atoms with van der Waals surface area (Å²) in [6.07, 6.45) is 3.81. The molecule has 96 valence electrons. The third-order valence-corrected chi connectivity index (χ3v) is 5.16. The van der Waals surface area contributed by atoms with Crippen molar-refractivity contribution in [2.24, 2.45) is 5.92 Å². The van der Waals surface area contributed by atoms with Crippen molar-refractivity contribution in [3.05, 3.63) is 19.8 Å². The molecular formula is C12H17BrClNOS. The highest BCUT2D eigenvalue weighted by Gasteiger charge is 2.20. The number of rotatable bonds is 8. The van der Waals surface area contributed by atoms with Gasteiger partial charge in [0.2, 0.25) is 0 Å². The van der Waals surface area contributed by atoms with Crippen LogP contribution in [0, 0.1) is 5.92 Å². The van der Waals surface area contributed by atoms with Gasteiger partial charge < -0.3 is 10.1 Å². The van der Waals surface area contributed by atoms with Crippen molar-refractivity contribution in [3.8, 4) is 0 Å². The maximum atomic E-state index is 5.97. The molecule has 5 heteroatoms. The van der Waals surface area contributed by atoms with Gasteiger partial charge in [-0.25, -0.2) is 0 Å². The average molecular weight is 339 g/mol. The largest absolute Gasteiger partial charge is 0.381 e. The Morgan fingerprint density at radius 3 is 3.00 bits per heavy atom. The van der Waals surface area contributed by atoms with Gasteiger partial charge >= 0.3 is 0 Å². The van der Waals surface area contributed by atoms with Crippen LogP contribution in [0.4, 0.5) is 0 Å². The van der Waals surface area contributed by atoms with E-state index in [0.29, 0.717) is 0 Å². The molecule has 1 saturated carbocycles. The SMILES string of the molecule is Clc1sc(CNCCCOCC2CC2)cc1Br. The second-order valence-corrected chi connectivity index (χ2v) is 6.98. The van der Waals surface area contributed by atoms with E-state index < -0.39 is 0 Å². The molecule has 1 aromatic heterocycles. The zero-order valence-corrected chi connectivity index (χ0v) is 12.8. The van der Waals surface area contributed by atoms with E-state index in [-0.39, 0.29) is 0 Å². The number of hydrogen-bond donors (Lipinski definition) is 1. The second kappa shape index (κ2) is 7.10. The first-order valence-corrected chi connectivity index (χ1v) is 7.96. The summed E-state index contributed by atoms with van der Waals surface area (Å²) < 4.78 is 7.39. The van der Waals surface area contributed by atoms with Crippen molar-refractivity contribution >= 4 is 38.9 Å². The van der Waals surface area contributed by atoms with Gasteiger partial charge in [-0.3, -0.25) is 0 Å². The number of halogens is 2. The van der Waals surface area contributed by atoms with Crippen molar-refractivity contribution in [1.29, 1.82) is 0 Å². The lowest BCUT2D eigenvalue weighted by molar-refractivity contribution is 0.122. The van der Waals surface area contributed by atoms with Crippen molar-refractivity contribution in [1.82, 2.24) is 5.32 Å². The Kier molecular flexibility index (Phi) is 5.77. The van der Waals surface area contributed by atoms with E-state index in [1.165, 1.54) is 17.7 Å². The molecule has 1 aliphatic carbocycles. The summed E-state index contributed by atoms with van der Waals surface area (Å²) in [5, 5.41) is 3.40. The summed E-state index contributed by atoms with van der Waals surface area (Å²) in [6.45, 7) is 3.72. The van der Waals surface area contributed by atoms with Crippen LogP contribution in [0.3, 0.4) is 0 Å². The van der Waals surface area contributed by atoms with Crippen molar-refractivity contribution in [2.75, 3.05) is 19.8 Å². The monoisotopic (exact) mass is 337 g/mol. The van der Waals surface area contributed by atoms with Gasteiger partial charge in [-0.15, -0.1) is 11.3 Å². The van der Waals surface area contributed by atoms with E-state index >= 15 is 0 Å². The molecule has 0 saturated heterocycles. The molecular weight excluding hydrogens is 322 g/mol. The average Bonchev–Trinajstić information content (AvgIpc) is 3.06. The predicted octanol–water partition coefficient (Wildman–Crippen LogP) is 4.07. The molecule has 0 aromatic carbocycles. The Bertz CT molecular complexity index is 335. The molecule has 0 aliphatic heterocycles. The minimum atomic E-state index is 0.828. The predicted molar refractivity (Wildman–Crippen MR) is 76.9 cm³/mol. The number of nitrogens with one attached hydrogen (secondary N) is 1. The summed E-state index contributed by atoms with van der Waals surface area (Å²) in [7, 11) is 0. The lowest BCUT2D eigenvalue weighted by Gasteiger charge is -2.04. The summed E-state index contributed by atoms with van der Waals surface area (Å²) in [4.78, 5) is 1.26.